The fourth-order valence-electron chi connectivity index (χ4n) is 2.19. The van der Waals surface area contributed by atoms with Crippen LogP contribution in [0.1, 0.15) is 16.2 Å². The van der Waals surface area contributed by atoms with E-state index in [0.29, 0.717) is 36.7 Å². The number of aromatic nitrogens is 1. The van der Waals surface area contributed by atoms with Gasteiger partial charge in [-0.15, -0.1) is 0 Å². The maximum absolute atomic E-state index is 11.1. The highest BCUT2D eigenvalue weighted by molar-refractivity contribution is 6.00. The summed E-state index contributed by atoms with van der Waals surface area (Å²) < 4.78 is 10.9. The number of morpholine rings is 1. The summed E-state index contributed by atoms with van der Waals surface area (Å²) in [6.45, 7) is 3.67. The smallest absolute Gasteiger partial charge is 0.338 e. The first kappa shape index (κ1) is 12.1. The average Bonchev–Trinajstić information content (AvgIpc) is 2.81. The first-order chi connectivity index (χ1) is 9.24. The summed E-state index contributed by atoms with van der Waals surface area (Å²) in [7, 11) is 0. The van der Waals surface area contributed by atoms with Gasteiger partial charge in [0.05, 0.1) is 25.3 Å². The highest BCUT2D eigenvalue weighted by Crippen LogP contribution is 2.20. The number of rotatable bonds is 3. The van der Waals surface area contributed by atoms with Crippen LogP contribution < -0.4 is 0 Å². The molecule has 0 aliphatic carbocycles. The van der Waals surface area contributed by atoms with Gasteiger partial charge in [0.2, 0.25) is 5.89 Å². The summed E-state index contributed by atoms with van der Waals surface area (Å²) >= 11 is 0. The molecule has 0 amide bonds. The van der Waals surface area contributed by atoms with Crippen LogP contribution in [0.4, 0.5) is 0 Å². The molecule has 1 N–H and O–H groups in total. The number of aromatic carboxylic acids is 1. The molecule has 1 aliphatic heterocycles. The Hall–Kier alpha value is -1.92. The number of hydrogen-bond donors (Lipinski definition) is 1. The number of oxazole rings is 1. The van der Waals surface area contributed by atoms with Gasteiger partial charge in [-0.1, -0.05) is 6.07 Å². The molecule has 2 aromatic rings. The third-order valence-electron chi connectivity index (χ3n) is 3.16. The van der Waals surface area contributed by atoms with Gasteiger partial charge in [-0.3, -0.25) is 4.90 Å². The van der Waals surface area contributed by atoms with Gasteiger partial charge in [0.15, 0.2) is 5.58 Å². The van der Waals surface area contributed by atoms with Crippen molar-refractivity contribution in [1.29, 1.82) is 0 Å². The minimum absolute atomic E-state index is 0.175. The van der Waals surface area contributed by atoms with E-state index in [0.717, 1.165) is 13.1 Å². The molecule has 0 saturated carbocycles. The molecule has 6 nitrogen and oxygen atoms in total. The van der Waals surface area contributed by atoms with Crippen LogP contribution in [-0.4, -0.2) is 47.3 Å². The first-order valence-electron chi connectivity index (χ1n) is 6.16. The summed E-state index contributed by atoms with van der Waals surface area (Å²) in [5.74, 6) is -0.442. The lowest BCUT2D eigenvalue weighted by atomic mass is 10.2. The molecular formula is C13H14N2O4. The summed E-state index contributed by atoms with van der Waals surface area (Å²) in [6.07, 6.45) is 0. The quantitative estimate of drug-likeness (QED) is 0.900. The van der Waals surface area contributed by atoms with E-state index in [-0.39, 0.29) is 5.56 Å². The fraction of sp³-hybridized carbons (Fsp3) is 0.385. The molecule has 100 valence electrons. The number of carboxylic acid groups (broad SMARTS) is 1. The van der Waals surface area contributed by atoms with Gasteiger partial charge in [0.25, 0.3) is 0 Å². The lowest BCUT2D eigenvalue weighted by Crippen LogP contribution is -2.35. The van der Waals surface area contributed by atoms with Gasteiger partial charge in [-0.05, 0) is 12.1 Å². The Balaban J connectivity index is 1.88. The number of ether oxygens (including phenoxy) is 1. The number of para-hydroxylation sites is 1. The van der Waals surface area contributed by atoms with E-state index in [2.05, 4.69) is 9.88 Å². The van der Waals surface area contributed by atoms with Crippen molar-refractivity contribution in [2.75, 3.05) is 26.3 Å². The normalized spacial score (nSPS) is 16.8. The molecule has 1 aromatic heterocycles. The molecular weight excluding hydrogens is 248 g/mol. The molecule has 3 rings (SSSR count). The Morgan fingerprint density at radius 1 is 1.37 bits per heavy atom. The van der Waals surface area contributed by atoms with E-state index in [4.69, 9.17) is 14.3 Å². The van der Waals surface area contributed by atoms with E-state index in [1.165, 1.54) is 6.07 Å². The Morgan fingerprint density at radius 2 is 2.16 bits per heavy atom. The topological polar surface area (TPSA) is 75.8 Å². The summed E-state index contributed by atoms with van der Waals surface area (Å²) in [4.78, 5) is 17.6. The van der Waals surface area contributed by atoms with Gasteiger partial charge < -0.3 is 14.3 Å². The Morgan fingerprint density at radius 3 is 2.89 bits per heavy atom. The summed E-state index contributed by atoms with van der Waals surface area (Å²) in [5.41, 5.74) is 1.11. The zero-order valence-corrected chi connectivity index (χ0v) is 10.3. The largest absolute Gasteiger partial charge is 0.478 e. The number of carbonyl (C=O) groups is 1. The number of benzene rings is 1. The molecule has 1 aliphatic rings. The molecule has 2 heterocycles. The number of nitrogens with zero attached hydrogens (tertiary/aromatic N) is 2. The summed E-state index contributed by atoms with van der Waals surface area (Å²) in [5, 5.41) is 9.10. The van der Waals surface area contributed by atoms with E-state index >= 15 is 0 Å². The molecule has 0 unspecified atom stereocenters. The van der Waals surface area contributed by atoms with E-state index < -0.39 is 5.97 Å². The summed E-state index contributed by atoms with van der Waals surface area (Å²) in [6, 6.07) is 4.93. The van der Waals surface area contributed by atoms with Crippen LogP contribution in [0, 0.1) is 0 Å². The van der Waals surface area contributed by atoms with Crippen molar-refractivity contribution < 1.29 is 19.1 Å². The van der Waals surface area contributed by atoms with Crippen molar-refractivity contribution in [3.63, 3.8) is 0 Å². The van der Waals surface area contributed by atoms with Crippen molar-refractivity contribution in [1.82, 2.24) is 9.88 Å². The molecule has 0 radical (unpaired) electrons. The molecule has 1 saturated heterocycles. The molecule has 1 fully saturated rings. The van der Waals surface area contributed by atoms with Gasteiger partial charge in [-0.25, -0.2) is 9.78 Å². The lowest BCUT2D eigenvalue weighted by molar-refractivity contribution is 0.0308. The maximum atomic E-state index is 11.1. The van der Waals surface area contributed by atoms with Crippen LogP contribution in [0.25, 0.3) is 11.1 Å². The lowest BCUT2D eigenvalue weighted by Gasteiger charge is -2.24. The van der Waals surface area contributed by atoms with Crippen molar-refractivity contribution in [2.24, 2.45) is 0 Å². The molecule has 0 atom stereocenters. The zero-order valence-electron chi connectivity index (χ0n) is 10.3. The maximum Gasteiger partial charge on any atom is 0.338 e. The van der Waals surface area contributed by atoms with Crippen LogP contribution in [0.15, 0.2) is 22.6 Å². The second-order valence-corrected chi connectivity index (χ2v) is 4.45. The number of hydrogen-bond acceptors (Lipinski definition) is 5. The second-order valence-electron chi connectivity index (χ2n) is 4.45. The average molecular weight is 262 g/mol. The van der Waals surface area contributed by atoms with Gasteiger partial charge >= 0.3 is 5.97 Å². The third-order valence-corrected chi connectivity index (χ3v) is 3.16. The van der Waals surface area contributed by atoms with Crippen LogP contribution in [-0.2, 0) is 11.3 Å². The van der Waals surface area contributed by atoms with Crippen LogP contribution in [0.3, 0.4) is 0 Å². The van der Waals surface area contributed by atoms with Crippen LogP contribution in [0.5, 0.6) is 0 Å². The Kier molecular flexibility index (Phi) is 3.18. The van der Waals surface area contributed by atoms with Crippen LogP contribution in [0.2, 0.25) is 0 Å². The van der Waals surface area contributed by atoms with Crippen molar-refractivity contribution >= 4 is 17.1 Å². The minimum Gasteiger partial charge on any atom is -0.478 e. The van der Waals surface area contributed by atoms with E-state index in [9.17, 15) is 4.79 Å². The highest BCUT2D eigenvalue weighted by atomic mass is 16.5. The van der Waals surface area contributed by atoms with Crippen molar-refractivity contribution in [3.05, 3.63) is 29.7 Å². The number of carboxylic acids is 1. The van der Waals surface area contributed by atoms with Crippen LogP contribution >= 0.6 is 0 Å². The van der Waals surface area contributed by atoms with Gasteiger partial charge in [-0.2, -0.15) is 0 Å². The first-order valence-corrected chi connectivity index (χ1v) is 6.16. The molecule has 19 heavy (non-hydrogen) atoms. The van der Waals surface area contributed by atoms with E-state index in [1.54, 1.807) is 12.1 Å². The molecule has 0 bridgehead atoms. The van der Waals surface area contributed by atoms with Gasteiger partial charge in [0.1, 0.15) is 5.52 Å². The standard InChI is InChI=1S/C13H14N2O4/c16-13(17)9-2-1-3-10-12(9)14-11(19-10)8-15-4-6-18-7-5-15/h1-3H,4-8H2,(H,16,17). The highest BCUT2D eigenvalue weighted by Gasteiger charge is 2.17. The second kappa shape index (κ2) is 4.99. The predicted molar refractivity (Wildman–Crippen MR) is 67.1 cm³/mol. The van der Waals surface area contributed by atoms with Crippen molar-refractivity contribution in [3.8, 4) is 0 Å². The monoisotopic (exact) mass is 262 g/mol. The number of fused-ring (bicyclic) bond motifs is 1. The fourth-order valence-corrected chi connectivity index (χ4v) is 2.19. The Labute approximate surface area is 109 Å². The molecule has 6 heteroatoms. The predicted octanol–water partition coefficient (Wildman–Crippen LogP) is 1.36. The Bertz CT molecular complexity index is 602. The SMILES string of the molecule is O=C(O)c1cccc2oc(CN3CCOCC3)nc12. The molecule has 1 aromatic carbocycles. The zero-order chi connectivity index (χ0) is 13.2. The molecule has 0 spiro atoms. The third kappa shape index (κ3) is 2.45. The van der Waals surface area contributed by atoms with Crippen molar-refractivity contribution in [2.45, 2.75) is 6.54 Å². The van der Waals surface area contributed by atoms with E-state index in [1.807, 2.05) is 0 Å². The van der Waals surface area contributed by atoms with Gasteiger partial charge in [0, 0.05) is 13.1 Å². The minimum atomic E-state index is -0.989.